The van der Waals surface area contributed by atoms with Crippen LogP contribution in [0.25, 0.3) is 0 Å². The van der Waals surface area contributed by atoms with E-state index in [1.54, 1.807) is 14.8 Å². The Hall–Kier alpha value is -0.920. The van der Waals surface area contributed by atoms with E-state index in [4.69, 9.17) is 0 Å². The summed E-state index contributed by atoms with van der Waals surface area (Å²) in [6, 6.07) is 1.99. The van der Waals surface area contributed by atoms with Gasteiger partial charge < -0.3 is 0 Å². The summed E-state index contributed by atoms with van der Waals surface area (Å²) in [5.74, 6) is 0.871. The van der Waals surface area contributed by atoms with E-state index in [9.17, 15) is 8.42 Å². The van der Waals surface area contributed by atoms with Crippen LogP contribution in [0.4, 0.5) is 0 Å². The summed E-state index contributed by atoms with van der Waals surface area (Å²) in [5.41, 5.74) is 1.12. The Labute approximate surface area is 126 Å². The van der Waals surface area contributed by atoms with Gasteiger partial charge in [0.1, 0.15) is 0 Å². The standard InChI is InChI=1S/C14H24N4O2S/c1-12-3-2-8-18(11-12)21(19,20)17-9-5-13(6-10-17)14-4-7-15-16-14/h4,7,12-13H,2-3,5-6,8-11H2,1H3,(H,15,16)/t12-/m1/s1. The molecule has 0 spiro atoms. The molecule has 0 radical (unpaired) electrons. The SMILES string of the molecule is C[C@@H]1CCCN(S(=O)(=O)N2CCC(c3ccn[nH]3)CC2)C1. The number of hydrogen-bond acceptors (Lipinski definition) is 3. The Balaban J connectivity index is 1.63. The lowest BCUT2D eigenvalue weighted by atomic mass is 9.95. The lowest BCUT2D eigenvalue weighted by Gasteiger charge is -2.37. The van der Waals surface area contributed by atoms with Crippen LogP contribution < -0.4 is 0 Å². The van der Waals surface area contributed by atoms with E-state index >= 15 is 0 Å². The number of H-pyrrole nitrogens is 1. The molecule has 118 valence electrons. The van der Waals surface area contributed by atoms with Crippen molar-refractivity contribution in [2.75, 3.05) is 26.2 Å². The van der Waals surface area contributed by atoms with Gasteiger partial charge in [-0.15, -0.1) is 0 Å². The van der Waals surface area contributed by atoms with E-state index in [-0.39, 0.29) is 0 Å². The van der Waals surface area contributed by atoms with Crippen LogP contribution in [0, 0.1) is 5.92 Å². The Morgan fingerprint density at radius 3 is 2.57 bits per heavy atom. The van der Waals surface area contributed by atoms with Gasteiger partial charge in [-0.25, -0.2) is 0 Å². The van der Waals surface area contributed by atoms with Crippen LogP contribution in [-0.2, 0) is 10.2 Å². The van der Waals surface area contributed by atoms with Crippen molar-refractivity contribution in [3.63, 3.8) is 0 Å². The maximum absolute atomic E-state index is 12.7. The maximum Gasteiger partial charge on any atom is 0.281 e. The number of hydrogen-bond donors (Lipinski definition) is 1. The number of nitrogens with zero attached hydrogens (tertiary/aromatic N) is 3. The van der Waals surface area contributed by atoms with Crippen LogP contribution in [0.2, 0.25) is 0 Å². The highest BCUT2D eigenvalue weighted by Gasteiger charge is 2.35. The van der Waals surface area contributed by atoms with Gasteiger partial charge in [-0.1, -0.05) is 6.92 Å². The zero-order chi connectivity index (χ0) is 14.9. The molecule has 0 bridgehead atoms. The van der Waals surface area contributed by atoms with Crippen LogP contribution in [0.1, 0.15) is 44.2 Å². The lowest BCUT2D eigenvalue weighted by molar-refractivity contribution is 0.241. The second kappa shape index (κ2) is 6.06. The summed E-state index contributed by atoms with van der Waals surface area (Å²) in [6.45, 7) is 4.69. The molecule has 7 heteroatoms. The normalized spacial score (nSPS) is 27.0. The minimum atomic E-state index is -3.27. The number of aromatic nitrogens is 2. The third-order valence-corrected chi connectivity index (χ3v) is 6.69. The Morgan fingerprint density at radius 2 is 1.95 bits per heavy atom. The van der Waals surface area contributed by atoms with Crippen LogP contribution in [0.15, 0.2) is 12.3 Å². The van der Waals surface area contributed by atoms with Gasteiger partial charge in [-0.2, -0.15) is 22.1 Å². The summed E-state index contributed by atoms with van der Waals surface area (Å²) in [7, 11) is -3.27. The van der Waals surface area contributed by atoms with Crippen molar-refractivity contribution in [2.45, 2.75) is 38.5 Å². The molecule has 1 atom stereocenters. The molecule has 1 aromatic heterocycles. The molecule has 2 aliphatic rings. The summed E-state index contributed by atoms with van der Waals surface area (Å²) in [4.78, 5) is 0. The molecule has 0 unspecified atom stereocenters. The second-order valence-corrected chi connectivity index (χ2v) is 8.23. The van der Waals surface area contributed by atoms with Gasteiger partial charge in [0.05, 0.1) is 0 Å². The first-order valence-corrected chi connectivity index (χ1v) is 9.21. The molecule has 0 aliphatic carbocycles. The Bertz CT molecular complexity index is 550. The lowest BCUT2D eigenvalue weighted by Crippen LogP contribution is -2.49. The molecule has 3 rings (SSSR count). The molecule has 2 fully saturated rings. The van der Waals surface area contributed by atoms with Crippen LogP contribution >= 0.6 is 0 Å². The number of piperidine rings is 2. The fourth-order valence-corrected chi connectivity index (χ4v) is 5.21. The van der Waals surface area contributed by atoms with Crippen molar-refractivity contribution in [3.05, 3.63) is 18.0 Å². The molecular weight excluding hydrogens is 288 g/mol. The van der Waals surface area contributed by atoms with E-state index < -0.39 is 10.2 Å². The van der Waals surface area contributed by atoms with Gasteiger partial charge >= 0.3 is 0 Å². The molecule has 0 aromatic carbocycles. The zero-order valence-electron chi connectivity index (χ0n) is 12.5. The molecule has 21 heavy (non-hydrogen) atoms. The van der Waals surface area contributed by atoms with Gasteiger partial charge in [0.15, 0.2) is 0 Å². The van der Waals surface area contributed by atoms with Gasteiger partial charge in [0, 0.05) is 44.0 Å². The maximum atomic E-state index is 12.7. The van der Waals surface area contributed by atoms with Crippen molar-refractivity contribution in [1.82, 2.24) is 18.8 Å². The monoisotopic (exact) mass is 312 g/mol. The Morgan fingerprint density at radius 1 is 1.19 bits per heavy atom. The fourth-order valence-electron chi connectivity index (χ4n) is 3.41. The number of aromatic amines is 1. The first-order valence-electron chi connectivity index (χ1n) is 7.82. The number of rotatable bonds is 3. The highest BCUT2D eigenvalue weighted by atomic mass is 32.2. The molecule has 0 amide bonds. The van der Waals surface area contributed by atoms with Crippen molar-refractivity contribution < 1.29 is 8.42 Å². The Kier molecular flexibility index (Phi) is 4.33. The quantitative estimate of drug-likeness (QED) is 0.921. The van der Waals surface area contributed by atoms with Gasteiger partial charge in [-0.3, -0.25) is 5.10 Å². The van der Waals surface area contributed by atoms with E-state index in [0.717, 1.165) is 31.4 Å². The van der Waals surface area contributed by atoms with Gasteiger partial charge in [-0.05, 0) is 37.7 Å². The van der Waals surface area contributed by atoms with Crippen LogP contribution in [0.5, 0.6) is 0 Å². The molecular formula is C14H24N4O2S. The summed E-state index contributed by atoms with van der Waals surface area (Å²) in [5, 5.41) is 6.98. The van der Waals surface area contributed by atoms with E-state index in [0.29, 0.717) is 38.0 Å². The third kappa shape index (κ3) is 3.14. The molecule has 2 saturated heterocycles. The molecule has 1 aromatic rings. The van der Waals surface area contributed by atoms with Gasteiger partial charge in [0.2, 0.25) is 0 Å². The van der Waals surface area contributed by atoms with Crippen molar-refractivity contribution in [2.24, 2.45) is 5.92 Å². The zero-order valence-corrected chi connectivity index (χ0v) is 13.3. The predicted octanol–water partition coefficient (Wildman–Crippen LogP) is 1.57. The molecule has 1 N–H and O–H groups in total. The average Bonchev–Trinajstić information content (AvgIpc) is 3.02. The van der Waals surface area contributed by atoms with E-state index in [1.807, 2.05) is 6.07 Å². The minimum absolute atomic E-state index is 0.402. The minimum Gasteiger partial charge on any atom is -0.282 e. The first kappa shape index (κ1) is 15.0. The first-order chi connectivity index (χ1) is 10.1. The van der Waals surface area contributed by atoms with Crippen LogP contribution in [-0.4, -0.2) is 53.4 Å². The largest absolute Gasteiger partial charge is 0.282 e. The van der Waals surface area contributed by atoms with E-state index in [2.05, 4.69) is 17.1 Å². The third-order valence-electron chi connectivity index (χ3n) is 4.69. The molecule has 0 saturated carbocycles. The van der Waals surface area contributed by atoms with Crippen LogP contribution in [0.3, 0.4) is 0 Å². The summed E-state index contributed by atoms with van der Waals surface area (Å²) < 4.78 is 28.8. The number of nitrogens with one attached hydrogen (secondary N) is 1. The average molecular weight is 312 g/mol. The smallest absolute Gasteiger partial charge is 0.281 e. The summed E-state index contributed by atoms with van der Waals surface area (Å²) >= 11 is 0. The highest BCUT2D eigenvalue weighted by molar-refractivity contribution is 7.86. The van der Waals surface area contributed by atoms with E-state index in [1.165, 1.54) is 0 Å². The second-order valence-electron chi connectivity index (χ2n) is 6.30. The highest BCUT2D eigenvalue weighted by Crippen LogP contribution is 2.29. The predicted molar refractivity (Wildman–Crippen MR) is 81.0 cm³/mol. The molecule has 6 nitrogen and oxygen atoms in total. The summed E-state index contributed by atoms with van der Waals surface area (Å²) in [6.07, 6.45) is 5.60. The molecule has 2 aliphatic heterocycles. The molecule has 3 heterocycles. The van der Waals surface area contributed by atoms with Gasteiger partial charge in [0.25, 0.3) is 10.2 Å². The topological polar surface area (TPSA) is 69.3 Å². The van der Waals surface area contributed by atoms with Crippen molar-refractivity contribution in [1.29, 1.82) is 0 Å². The van der Waals surface area contributed by atoms with Crippen molar-refractivity contribution in [3.8, 4) is 0 Å². The van der Waals surface area contributed by atoms with Crippen molar-refractivity contribution >= 4 is 10.2 Å². The fraction of sp³-hybridized carbons (Fsp3) is 0.786.